The molecule has 3 heterocycles. The van der Waals surface area contributed by atoms with E-state index in [1.165, 1.54) is 16.9 Å². The second-order valence-electron chi connectivity index (χ2n) is 7.68. The Morgan fingerprint density at radius 1 is 1.23 bits per heavy atom. The van der Waals surface area contributed by atoms with Crippen molar-refractivity contribution in [3.05, 3.63) is 58.1 Å². The summed E-state index contributed by atoms with van der Waals surface area (Å²) in [5, 5.41) is 6.38. The first-order valence-electron chi connectivity index (χ1n) is 9.88. The van der Waals surface area contributed by atoms with Crippen LogP contribution in [0.3, 0.4) is 0 Å². The van der Waals surface area contributed by atoms with Crippen molar-refractivity contribution in [3.63, 3.8) is 0 Å². The van der Waals surface area contributed by atoms with E-state index < -0.39 is 10.0 Å². The summed E-state index contributed by atoms with van der Waals surface area (Å²) in [6.07, 6.45) is 1.95. The zero-order valence-electron chi connectivity index (χ0n) is 16.7. The highest BCUT2D eigenvalue weighted by Crippen LogP contribution is 2.29. The Hall–Kier alpha value is -1.71. The number of thiophene rings is 1. The van der Waals surface area contributed by atoms with Crippen LogP contribution in [0.5, 0.6) is 0 Å². The molecule has 0 bridgehead atoms. The quantitative estimate of drug-likeness (QED) is 0.553. The predicted octanol–water partition coefficient (Wildman–Crippen LogP) is 4.56. The minimum atomic E-state index is -3.53. The van der Waals surface area contributed by atoms with Gasteiger partial charge in [0, 0.05) is 35.1 Å². The molecule has 0 saturated carbocycles. The number of halogens is 1. The zero-order valence-corrected chi connectivity index (χ0v) is 19.1. The Bertz CT molecular complexity index is 1080. The zero-order chi connectivity index (χ0) is 21.1. The third kappa shape index (κ3) is 5.31. The molecule has 160 valence electrons. The van der Waals surface area contributed by atoms with Crippen LogP contribution in [0.15, 0.2) is 50.5 Å². The molecule has 30 heavy (non-hydrogen) atoms. The molecule has 1 aliphatic rings. The van der Waals surface area contributed by atoms with Gasteiger partial charge in [-0.25, -0.2) is 13.1 Å². The molecule has 2 aromatic heterocycles. The van der Waals surface area contributed by atoms with Gasteiger partial charge >= 0.3 is 0 Å². The fourth-order valence-corrected chi connectivity index (χ4v) is 6.04. The number of sulfonamides is 1. The molecule has 0 radical (unpaired) electrons. The Balaban J connectivity index is 1.27. The molecular formula is C21H24ClN3O3S2. The Morgan fingerprint density at radius 3 is 2.63 bits per heavy atom. The van der Waals surface area contributed by atoms with Gasteiger partial charge in [-0.3, -0.25) is 4.90 Å². The standard InChI is InChI=1S/C21H24ClN3O3S2/c1-15-10-20(28-24-15)18-11-21(29-14-18)30(26,27)23-12-16-6-8-25(9-7-16)13-17-2-4-19(22)5-3-17/h2-5,10-11,14,16,23H,6-9,12-13H2,1H3. The van der Waals surface area contributed by atoms with Crippen molar-refractivity contribution in [1.82, 2.24) is 14.8 Å². The molecule has 0 atom stereocenters. The SMILES string of the molecule is Cc1cc(-c2csc(S(=O)(=O)NCC3CCN(Cc4ccc(Cl)cc4)CC3)c2)on1. The molecule has 0 unspecified atom stereocenters. The van der Waals surface area contributed by atoms with Crippen molar-refractivity contribution < 1.29 is 12.9 Å². The average Bonchev–Trinajstić information content (AvgIpc) is 3.39. The maximum absolute atomic E-state index is 12.7. The van der Waals surface area contributed by atoms with Crippen LogP contribution < -0.4 is 4.72 Å². The highest BCUT2D eigenvalue weighted by atomic mass is 35.5. The molecule has 1 saturated heterocycles. The van der Waals surface area contributed by atoms with E-state index in [1.54, 1.807) is 17.5 Å². The Morgan fingerprint density at radius 2 is 1.97 bits per heavy atom. The molecule has 1 N–H and O–H groups in total. The fourth-order valence-electron chi connectivity index (χ4n) is 3.58. The van der Waals surface area contributed by atoms with E-state index >= 15 is 0 Å². The number of benzene rings is 1. The first-order chi connectivity index (χ1) is 14.4. The number of piperidine rings is 1. The topological polar surface area (TPSA) is 75.4 Å². The fraction of sp³-hybridized carbons (Fsp3) is 0.381. The highest BCUT2D eigenvalue weighted by Gasteiger charge is 2.23. The number of hydrogen-bond donors (Lipinski definition) is 1. The van der Waals surface area contributed by atoms with E-state index in [-0.39, 0.29) is 0 Å². The number of nitrogens with zero attached hydrogens (tertiary/aromatic N) is 2. The molecule has 6 nitrogen and oxygen atoms in total. The first kappa shape index (κ1) is 21.5. The average molecular weight is 466 g/mol. The van der Waals surface area contributed by atoms with Gasteiger partial charge in [-0.2, -0.15) is 0 Å². The largest absolute Gasteiger partial charge is 0.356 e. The second kappa shape index (κ2) is 9.20. The van der Waals surface area contributed by atoms with Crippen LogP contribution in [0.25, 0.3) is 11.3 Å². The minimum Gasteiger partial charge on any atom is -0.356 e. The number of nitrogens with one attached hydrogen (secondary N) is 1. The van der Waals surface area contributed by atoms with E-state index in [1.807, 2.05) is 19.1 Å². The molecule has 0 amide bonds. The van der Waals surface area contributed by atoms with Crippen molar-refractivity contribution in [2.24, 2.45) is 5.92 Å². The molecule has 0 spiro atoms. The van der Waals surface area contributed by atoms with Gasteiger partial charge in [-0.1, -0.05) is 28.9 Å². The Labute approximate surface area is 185 Å². The lowest BCUT2D eigenvalue weighted by Crippen LogP contribution is -2.38. The summed E-state index contributed by atoms with van der Waals surface area (Å²) in [7, 11) is -3.53. The minimum absolute atomic E-state index is 0.298. The van der Waals surface area contributed by atoms with Crippen LogP contribution >= 0.6 is 22.9 Å². The molecular weight excluding hydrogens is 442 g/mol. The van der Waals surface area contributed by atoms with E-state index in [0.29, 0.717) is 22.4 Å². The van der Waals surface area contributed by atoms with E-state index in [2.05, 4.69) is 26.9 Å². The van der Waals surface area contributed by atoms with Crippen LogP contribution in [0.2, 0.25) is 5.02 Å². The van der Waals surface area contributed by atoms with Gasteiger partial charge in [0.15, 0.2) is 5.76 Å². The number of hydrogen-bond acceptors (Lipinski definition) is 6. The van der Waals surface area contributed by atoms with E-state index in [0.717, 1.165) is 48.8 Å². The van der Waals surface area contributed by atoms with Crippen molar-refractivity contribution in [2.75, 3.05) is 19.6 Å². The molecule has 3 aromatic rings. The third-order valence-corrected chi connectivity index (χ3v) is 8.46. The van der Waals surface area contributed by atoms with Gasteiger partial charge < -0.3 is 4.52 Å². The number of aryl methyl sites for hydroxylation is 1. The van der Waals surface area contributed by atoms with Crippen molar-refractivity contribution in [1.29, 1.82) is 0 Å². The predicted molar refractivity (Wildman–Crippen MR) is 119 cm³/mol. The summed E-state index contributed by atoms with van der Waals surface area (Å²) in [6.45, 7) is 5.12. The third-order valence-electron chi connectivity index (χ3n) is 5.34. The van der Waals surface area contributed by atoms with Crippen molar-refractivity contribution >= 4 is 33.0 Å². The molecule has 1 aliphatic heterocycles. The van der Waals surface area contributed by atoms with Gasteiger partial charge in [0.05, 0.1) is 5.69 Å². The monoisotopic (exact) mass is 465 g/mol. The van der Waals surface area contributed by atoms with Gasteiger partial charge in [0.1, 0.15) is 4.21 Å². The molecule has 9 heteroatoms. The summed E-state index contributed by atoms with van der Waals surface area (Å²) >= 11 is 7.14. The van der Waals surface area contributed by atoms with E-state index in [9.17, 15) is 8.42 Å². The lowest BCUT2D eigenvalue weighted by molar-refractivity contribution is 0.178. The van der Waals surface area contributed by atoms with Gasteiger partial charge in [0.25, 0.3) is 0 Å². The van der Waals surface area contributed by atoms with E-state index in [4.69, 9.17) is 16.1 Å². The van der Waals surface area contributed by atoms with Crippen LogP contribution in [0, 0.1) is 12.8 Å². The van der Waals surface area contributed by atoms with Crippen LogP contribution in [-0.4, -0.2) is 38.1 Å². The summed E-state index contributed by atoms with van der Waals surface area (Å²) in [5.41, 5.74) is 2.74. The second-order valence-corrected chi connectivity index (χ2v) is 11.0. The lowest BCUT2D eigenvalue weighted by atomic mass is 9.97. The lowest BCUT2D eigenvalue weighted by Gasteiger charge is -2.32. The highest BCUT2D eigenvalue weighted by molar-refractivity contribution is 7.91. The van der Waals surface area contributed by atoms with Crippen LogP contribution in [0.1, 0.15) is 24.1 Å². The maximum atomic E-state index is 12.7. The van der Waals surface area contributed by atoms with Crippen LogP contribution in [0.4, 0.5) is 0 Å². The number of likely N-dealkylation sites (tertiary alicyclic amines) is 1. The van der Waals surface area contributed by atoms with Gasteiger partial charge in [0.2, 0.25) is 10.0 Å². The molecule has 4 rings (SSSR count). The first-order valence-corrected chi connectivity index (χ1v) is 12.6. The summed E-state index contributed by atoms with van der Waals surface area (Å²) in [4.78, 5) is 2.40. The van der Waals surface area contributed by atoms with Gasteiger partial charge in [-0.15, -0.1) is 11.3 Å². The number of rotatable bonds is 7. The van der Waals surface area contributed by atoms with Gasteiger partial charge in [-0.05, 0) is 62.5 Å². The molecule has 1 aromatic carbocycles. The summed E-state index contributed by atoms with van der Waals surface area (Å²) in [5.74, 6) is 0.927. The molecule has 1 fully saturated rings. The maximum Gasteiger partial charge on any atom is 0.250 e. The smallest absolute Gasteiger partial charge is 0.250 e. The van der Waals surface area contributed by atoms with Crippen molar-refractivity contribution in [2.45, 2.75) is 30.5 Å². The van der Waals surface area contributed by atoms with Crippen molar-refractivity contribution in [3.8, 4) is 11.3 Å². The molecule has 0 aliphatic carbocycles. The Kier molecular flexibility index (Phi) is 6.60. The summed E-state index contributed by atoms with van der Waals surface area (Å²) < 4.78 is 33.7. The van der Waals surface area contributed by atoms with Crippen LogP contribution in [-0.2, 0) is 16.6 Å². The summed E-state index contributed by atoms with van der Waals surface area (Å²) in [6, 6.07) is 11.4. The number of aromatic nitrogens is 1. The normalized spacial score (nSPS) is 16.2.